The molecule has 1 aromatic heterocycles. The Morgan fingerprint density at radius 1 is 1.53 bits per heavy atom. The van der Waals surface area contributed by atoms with E-state index in [1.165, 1.54) is 12.1 Å². The number of nitrogens with zero attached hydrogens (tertiary/aromatic N) is 1. The van der Waals surface area contributed by atoms with Crippen molar-refractivity contribution in [2.45, 2.75) is 38.8 Å². The van der Waals surface area contributed by atoms with Crippen LogP contribution < -0.4 is 10.6 Å². The molecule has 4 nitrogen and oxygen atoms in total. The molecule has 0 unspecified atom stereocenters. The third kappa shape index (κ3) is 2.88. The molecular weight excluding hydrogens is 214 g/mol. The third-order valence-corrected chi connectivity index (χ3v) is 3.55. The van der Waals surface area contributed by atoms with Crippen LogP contribution in [0, 0.1) is 6.92 Å². The molecule has 1 fully saturated rings. The molecule has 1 atom stereocenters. The topological polar surface area (TPSA) is 46.1 Å². The first kappa shape index (κ1) is 12.2. The summed E-state index contributed by atoms with van der Waals surface area (Å²) in [6, 6.07) is 4.13. The van der Waals surface area contributed by atoms with E-state index < -0.39 is 0 Å². The minimum atomic E-state index is 0.00474. The summed E-state index contributed by atoms with van der Waals surface area (Å²) in [4.78, 5) is 11.9. The molecule has 94 valence electrons. The second-order valence-electron chi connectivity index (χ2n) is 4.75. The van der Waals surface area contributed by atoms with Crippen molar-refractivity contribution in [3.63, 3.8) is 0 Å². The largest absolute Gasteiger partial charge is 0.350 e. The summed E-state index contributed by atoms with van der Waals surface area (Å²) >= 11 is 0. The molecule has 2 heterocycles. The van der Waals surface area contributed by atoms with Crippen molar-refractivity contribution in [1.29, 1.82) is 0 Å². The minimum absolute atomic E-state index is 0.00474. The monoisotopic (exact) mass is 235 g/mol. The molecule has 17 heavy (non-hydrogen) atoms. The van der Waals surface area contributed by atoms with Gasteiger partial charge in [0.1, 0.15) is 0 Å². The maximum atomic E-state index is 11.9. The van der Waals surface area contributed by atoms with E-state index in [2.05, 4.69) is 34.3 Å². The molecule has 0 aliphatic carbocycles. The van der Waals surface area contributed by atoms with Crippen LogP contribution in [0.3, 0.4) is 0 Å². The van der Waals surface area contributed by atoms with E-state index in [1.807, 2.05) is 7.05 Å². The van der Waals surface area contributed by atoms with E-state index >= 15 is 0 Å². The summed E-state index contributed by atoms with van der Waals surface area (Å²) in [5.41, 5.74) is 2.36. The molecule has 0 radical (unpaired) electrons. The predicted octanol–water partition coefficient (Wildman–Crippen LogP) is 1.09. The van der Waals surface area contributed by atoms with Gasteiger partial charge in [-0.25, -0.2) is 0 Å². The van der Waals surface area contributed by atoms with Gasteiger partial charge in [0, 0.05) is 18.4 Å². The number of amides is 1. The van der Waals surface area contributed by atoms with Crippen LogP contribution in [0.25, 0.3) is 0 Å². The van der Waals surface area contributed by atoms with Gasteiger partial charge in [-0.15, -0.1) is 0 Å². The van der Waals surface area contributed by atoms with E-state index in [-0.39, 0.29) is 11.9 Å². The molecule has 1 aromatic rings. The number of aryl methyl sites for hydroxylation is 1. The fourth-order valence-electron chi connectivity index (χ4n) is 2.22. The molecule has 0 aromatic carbocycles. The highest BCUT2D eigenvalue weighted by Crippen LogP contribution is 2.08. The van der Waals surface area contributed by atoms with Crippen LogP contribution in [0.2, 0.25) is 0 Å². The van der Waals surface area contributed by atoms with Crippen LogP contribution in [-0.2, 0) is 18.4 Å². The van der Waals surface area contributed by atoms with Crippen LogP contribution >= 0.6 is 0 Å². The maximum Gasteiger partial charge on any atom is 0.237 e. The van der Waals surface area contributed by atoms with Crippen molar-refractivity contribution >= 4 is 5.91 Å². The van der Waals surface area contributed by atoms with Gasteiger partial charge in [0.25, 0.3) is 0 Å². The zero-order valence-electron chi connectivity index (χ0n) is 10.6. The lowest BCUT2D eigenvalue weighted by atomic mass is 10.0. The van der Waals surface area contributed by atoms with Crippen molar-refractivity contribution in [1.82, 2.24) is 15.2 Å². The number of carbonyl (C=O) groups excluding carboxylic acids is 1. The van der Waals surface area contributed by atoms with Crippen LogP contribution in [0.1, 0.15) is 30.7 Å². The zero-order valence-corrected chi connectivity index (χ0v) is 10.6. The fourth-order valence-corrected chi connectivity index (χ4v) is 2.22. The number of hydrogen-bond donors (Lipinski definition) is 2. The summed E-state index contributed by atoms with van der Waals surface area (Å²) in [6.45, 7) is 3.64. The summed E-state index contributed by atoms with van der Waals surface area (Å²) in [5, 5.41) is 6.26. The Labute approximate surface area is 102 Å². The lowest BCUT2D eigenvalue weighted by molar-refractivity contribution is -0.123. The molecule has 1 aliphatic heterocycles. The molecule has 1 amide bonds. The summed E-state index contributed by atoms with van der Waals surface area (Å²) in [6.07, 6.45) is 3.28. The van der Waals surface area contributed by atoms with E-state index in [0.29, 0.717) is 6.54 Å². The smallest absolute Gasteiger partial charge is 0.237 e. The number of rotatable bonds is 3. The van der Waals surface area contributed by atoms with Crippen LogP contribution in [-0.4, -0.2) is 23.1 Å². The molecular formula is C13H21N3O. The van der Waals surface area contributed by atoms with Gasteiger partial charge in [0.2, 0.25) is 5.91 Å². The average molecular weight is 235 g/mol. The van der Waals surface area contributed by atoms with Crippen molar-refractivity contribution < 1.29 is 4.79 Å². The van der Waals surface area contributed by atoms with E-state index in [1.54, 1.807) is 0 Å². The van der Waals surface area contributed by atoms with E-state index in [9.17, 15) is 4.79 Å². The van der Waals surface area contributed by atoms with Crippen molar-refractivity contribution in [2.24, 2.45) is 7.05 Å². The number of aromatic nitrogens is 1. The fraction of sp³-hybridized carbons (Fsp3) is 0.615. The van der Waals surface area contributed by atoms with Crippen LogP contribution in [0.4, 0.5) is 0 Å². The molecule has 0 spiro atoms. The van der Waals surface area contributed by atoms with Crippen LogP contribution in [0.5, 0.6) is 0 Å². The van der Waals surface area contributed by atoms with Crippen molar-refractivity contribution in [3.05, 3.63) is 23.5 Å². The second kappa shape index (κ2) is 5.36. The van der Waals surface area contributed by atoms with Crippen molar-refractivity contribution in [3.8, 4) is 0 Å². The molecule has 4 heteroatoms. The lowest BCUT2D eigenvalue weighted by Gasteiger charge is -2.22. The highest BCUT2D eigenvalue weighted by Gasteiger charge is 2.20. The Balaban J connectivity index is 1.85. The van der Waals surface area contributed by atoms with E-state index in [0.717, 1.165) is 25.1 Å². The first-order chi connectivity index (χ1) is 8.18. The third-order valence-electron chi connectivity index (χ3n) is 3.55. The lowest BCUT2D eigenvalue weighted by Crippen LogP contribution is -2.46. The Hall–Kier alpha value is -1.29. The predicted molar refractivity (Wildman–Crippen MR) is 67.6 cm³/mol. The molecule has 2 N–H and O–H groups in total. The standard InChI is InChI=1S/C13H21N3O/c1-10-6-7-11(16(10)2)9-15-13(17)12-5-3-4-8-14-12/h6-7,12,14H,3-5,8-9H2,1-2H3,(H,15,17)/t12-/m0/s1. The molecule has 0 bridgehead atoms. The average Bonchev–Trinajstić information content (AvgIpc) is 2.68. The van der Waals surface area contributed by atoms with Gasteiger partial charge in [0.15, 0.2) is 0 Å². The van der Waals surface area contributed by atoms with Crippen LogP contribution in [0.15, 0.2) is 12.1 Å². The molecule has 1 aliphatic rings. The number of carbonyl (C=O) groups is 1. The Kier molecular flexibility index (Phi) is 3.84. The molecule has 0 saturated carbocycles. The quantitative estimate of drug-likeness (QED) is 0.824. The van der Waals surface area contributed by atoms with Gasteiger partial charge in [-0.05, 0) is 38.4 Å². The molecule has 2 rings (SSSR count). The molecule has 1 saturated heterocycles. The maximum absolute atomic E-state index is 11.9. The first-order valence-corrected chi connectivity index (χ1v) is 6.31. The minimum Gasteiger partial charge on any atom is -0.350 e. The highest BCUT2D eigenvalue weighted by molar-refractivity contribution is 5.81. The number of hydrogen-bond acceptors (Lipinski definition) is 2. The van der Waals surface area contributed by atoms with Gasteiger partial charge >= 0.3 is 0 Å². The van der Waals surface area contributed by atoms with Gasteiger partial charge < -0.3 is 15.2 Å². The Morgan fingerprint density at radius 3 is 2.94 bits per heavy atom. The van der Waals surface area contributed by atoms with Crippen molar-refractivity contribution in [2.75, 3.05) is 6.54 Å². The SMILES string of the molecule is Cc1ccc(CNC(=O)[C@@H]2CCCCN2)n1C. The normalized spacial score (nSPS) is 20.2. The summed E-state index contributed by atoms with van der Waals surface area (Å²) in [5.74, 6) is 0.128. The Morgan fingerprint density at radius 2 is 2.35 bits per heavy atom. The first-order valence-electron chi connectivity index (χ1n) is 6.31. The highest BCUT2D eigenvalue weighted by atomic mass is 16.2. The zero-order chi connectivity index (χ0) is 12.3. The number of piperidine rings is 1. The van der Waals surface area contributed by atoms with Gasteiger partial charge in [0.05, 0.1) is 12.6 Å². The second-order valence-corrected chi connectivity index (χ2v) is 4.75. The van der Waals surface area contributed by atoms with Gasteiger partial charge in [-0.2, -0.15) is 0 Å². The summed E-state index contributed by atoms with van der Waals surface area (Å²) < 4.78 is 2.11. The van der Waals surface area contributed by atoms with E-state index in [4.69, 9.17) is 0 Å². The number of nitrogens with one attached hydrogen (secondary N) is 2. The van der Waals surface area contributed by atoms with Gasteiger partial charge in [-0.1, -0.05) is 6.42 Å². The Bertz CT molecular complexity index is 391. The summed E-state index contributed by atoms with van der Waals surface area (Å²) in [7, 11) is 2.02. The van der Waals surface area contributed by atoms with Gasteiger partial charge in [-0.3, -0.25) is 4.79 Å².